The summed E-state index contributed by atoms with van der Waals surface area (Å²) in [6, 6.07) is 0. The number of quaternary nitrogens is 1. The molecular formula is C21H35N. The minimum Gasteiger partial charge on any atom is -0.473 e. The van der Waals surface area contributed by atoms with Gasteiger partial charge in [0.15, 0.2) is 0 Å². The second kappa shape index (κ2) is 5.82. The van der Waals surface area contributed by atoms with Crippen molar-refractivity contribution in [3.05, 3.63) is 30.8 Å². The van der Waals surface area contributed by atoms with Crippen molar-refractivity contribution in [2.24, 2.45) is 35.5 Å². The second-order valence-corrected chi connectivity index (χ2v) is 8.79. The summed E-state index contributed by atoms with van der Waals surface area (Å²) in [5, 5.41) is 2.37. The molecule has 124 valence electrons. The van der Waals surface area contributed by atoms with Crippen molar-refractivity contribution in [2.45, 2.75) is 65.3 Å². The van der Waals surface area contributed by atoms with Crippen LogP contribution in [0.2, 0.25) is 0 Å². The highest BCUT2D eigenvalue weighted by Gasteiger charge is 2.60. The van der Waals surface area contributed by atoms with Crippen LogP contribution in [-0.2, 0) is 0 Å². The first-order chi connectivity index (χ1) is 10.4. The molecule has 0 aromatic carbocycles. The van der Waals surface area contributed by atoms with Crippen LogP contribution in [0, 0.1) is 42.6 Å². The molecule has 0 spiro atoms. The van der Waals surface area contributed by atoms with Gasteiger partial charge in [0, 0.05) is 18.3 Å². The highest BCUT2D eigenvalue weighted by atomic mass is 15.0. The largest absolute Gasteiger partial charge is 0.473 e. The van der Waals surface area contributed by atoms with Crippen molar-refractivity contribution < 1.29 is 5.32 Å². The Labute approximate surface area is 137 Å². The molecule has 3 aliphatic carbocycles. The van der Waals surface area contributed by atoms with E-state index in [1.165, 1.54) is 43.3 Å². The van der Waals surface area contributed by atoms with Crippen LogP contribution < -0.4 is 5.32 Å². The third kappa shape index (κ3) is 2.31. The Bertz CT molecular complexity index is 472. The third-order valence-electron chi connectivity index (χ3n) is 7.43. The number of allylic oxidation sites excluding steroid dienone is 3. The molecule has 3 rings (SSSR count). The molecular weight excluding hydrogens is 266 g/mol. The summed E-state index contributed by atoms with van der Waals surface area (Å²) in [5.74, 6) is 4.72. The van der Waals surface area contributed by atoms with E-state index < -0.39 is 0 Å². The van der Waals surface area contributed by atoms with E-state index in [2.05, 4.69) is 52.7 Å². The van der Waals surface area contributed by atoms with Crippen molar-refractivity contribution in [3.63, 3.8) is 0 Å². The van der Waals surface area contributed by atoms with E-state index >= 15 is 0 Å². The number of hydrogen-bond acceptors (Lipinski definition) is 0. The maximum absolute atomic E-state index is 4.54. The molecule has 0 heterocycles. The monoisotopic (exact) mass is 301 g/mol. The highest BCUT2D eigenvalue weighted by molar-refractivity contribution is 5.22. The first-order valence-corrected chi connectivity index (χ1v) is 9.37. The number of nitrogens with two attached hydrogens (primary N) is 1. The SMILES string of the molecule is C=C1CCC2([NH2+][CH2-])C(C)CCC3C(C)CC(C=C(C)C)C1C32. The summed E-state index contributed by atoms with van der Waals surface area (Å²) >= 11 is 0. The summed E-state index contributed by atoms with van der Waals surface area (Å²) < 4.78 is 0. The smallest absolute Gasteiger partial charge is 0.0789 e. The van der Waals surface area contributed by atoms with Gasteiger partial charge in [0.2, 0.25) is 0 Å². The zero-order chi connectivity index (χ0) is 16.1. The van der Waals surface area contributed by atoms with E-state index in [1.807, 2.05) is 0 Å². The second-order valence-electron chi connectivity index (χ2n) is 8.79. The van der Waals surface area contributed by atoms with E-state index in [9.17, 15) is 0 Å². The average molecular weight is 302 g/mol. The van der Waals surface area contributed by atoms with Gasteiger partial charge in [-0.3, -0.25) is 0 Å². The normalized spacial score (nSPS) is 47.8. The van der Waals surface area contributed by atoms with Gasteiger partial charge in [0.25, 0.3) is 0 Å². The molecule has 1 heteroatoms. The van der Waals surface area contributed by atoms with E-state index in [0.717, 1.165) is 23.7 Å². The van der Waals surface area contributed by atoms with Gasteiger partial charge in [0.05, 0.1) is 5.54 Å². The van der Waals surface area contributed by atoms with Crippen LogP contribution in [0.1, 0.15) is 59.8 Å². The topological polar surface area (TPSA) is 16.6 Å². The first-order valence-electron chi connectivity index (χ1n) is 9.37. The number of rotatable bonds is 2. The van der Waals surface area contributed by atoms with E-state index in [4.69, 9.17) is 0 Å². The van der Waals surface area contributed by atoms with Gasteiger partial charge in [-0.1, -0.05) is 37.6 Å². The molecule has 0 aliphatic heterocycles. The lowest BCUT2D eigenvalue weighted by atomic mass is 9.45. The molecule has 1 nitrogen and oxygen atoms in total. The van der Waals surface area contributed by atoms with Gasteiger partial charge in [-0.05, 0) is 63.2 Å². The fraction of sp³-hybridized carbons (Fsp3) is 0.762. The van der Waals surface area contributed by atoms with E-state index in [0.29, 0.717) is 17.4 Å². The van der Waals surface area contributed by atoms with Gasteiger partial charge in [0.1, 0.15) is 0 Å². The summed E-state index contributed by atoms with van der Waals surface area (Å²) in [6.07, 6.45) is 9.24. The van der Waals surface area contributed by atoms with E-state index in [1.54, 1.807) is 0 Å². The molecule has 2 N–H and O–H groups in total. The lowest BCUT2D eigenvalue weighted by Crippen LogP contribution is -2.97. The van der Waals surface area contributed by atoms with E-state index in [-0.39, 0.29) is 0 Å². The van der Waals surface area contributed by atoms with Crippen LogP contribution in [0.3, 0.4) is 0 Å². The summed E-state index contributed by atoms with van der Waals surface area (Å²) in [4.78, 5) is 0. The Morgan fingerprint density at radius 2 is 2.05 bits per heavy atom. The average Bonchev–Trinajstić information content (AvgIpc) is 2.46. The van der Waals surface area contributed by atoms with Gasteiger partial charge in [-0.15, -0.1) is 0 Å². The molecule has 22 heavy (non-hydrogen) atoms. The molecule has 0 amide bonds. The molecule has 7 atom stereocenters. The minimum absolute atomic E-state index is 0.372. The minimum atomic E-state index is 0.372. The molecule has 3 saturated carbocycles. The van der Waals surface area contributed by atoms with Gasteiger partial charge in [-0.2, -0.15) is 7.05 Å². The maximum atomic E-state index is 4.54. The zero-order valence-electron chi connectivity index (χ0n) is 15.1. The highest BCUT2D eigenvalue weighted by Crippen LogP contribution is 2.59. The molecule has 0 bridgehead atoms. The lowest BCUT2D eigenvalue weighted by molar-refractivity contribution is -0.703. The van der Waals surface area contributed by atoms with Crippen LogP contribution in [0.5, 0.6) is 0 Å². The fourth-order valence-corrected chi connectivity index (χ4v) is 6.43. The maximum Gasteiger partial charge on any atom is 0.0789 e. The zero-order valence-corrected chi connectivity index (χ0v) is 15.1. The van der Waals surface area contributed by atoms with Crippen molar-refractivity contribution in [3.8, 4) is 0 Å². The van der Waals surface area contributed by atoms with Gasteiger partial charge in [-0.25, -0.2) is 0 Å². The van der Waals surface area contributed by atoms with Crippen LogP contribution >= 0.6 is 0 Å². The van der Waals surface area contributed by atoms with Crippen molar-refractivity contribution >= 4 is 0 Å². The van der Waals surface area contributed by atoms with Crippen molar-refractivity contribution in [2.75, 3.05) is 0 Å². The Morgan fingerprint density at radius 3 is 2.68 bits per heavy atom. The molecule has 0 saturated heterocycles. The van der Waals surface area contributed by atoms with Crippen molar-refractivity contribution in [1.82, 2.24) is 0 Å². The van der Waals surface area contributed by atoms with Crippen molar-refractivity contribution in [1.29, 1.82) is 0 Å². The van der Waals surface area contributed by atoms with Gasteiger partial charge < -0.3 is 5.32 Å². The third-order valence-corrected chi connectivity index (χ3v) is 7.43. The molecule has 7 unspecified atom stereocenters. The molecule has 0 aromatic heterocycles. The Kier molecular flexibility index (Phi) is 4.31. The summed E-state index contributed by atoms with van der Waals surface area (Å²) in [6.45, 7) is 14.0. The Balaban J connectivity index is 2.06. The molecule has 0 aromatic rings. The molecule has 3 aliphatic rings. The summed E-state index contributed by atoms with van der Waals surface area (Å²) in [7, 11) is 4.33. The quantitative estimate of drug-likeness (QED) is 0.577. The standard InChI is InChI=1S/C21H35N/c1-13(2)11-17-12-15(4)18-8-7-16(5)21(22-6)10-9-14(3)19(17)20(18)21/h11,15-20H,3,6-10,12,22H2,1-2,4-5H3. The number of hydrogen-bond donors (Lipinski definition) is 1. The predicted molar refractivity (Wildman–Crippen MR) is 94.0 cm³/mol. The Hall–Kier alpha value is -0.560. The van der Waals surface area contributed by atoms with Gasteiger partial charge >= 0.3 is 0 Å². The fourth-order valence-electron chi connectivity index (χ4n) is 6.43. The summed E-state index contributed by atoms with van der Waals surface area (Å²) in [5.41, 5.74) is 3.38. The van der Waals surface area contributed by atoms with Crippen LogP contribution in [0.25, 0.3) is 0 Å². The van der Waals surface area contributed by atoms with Crippen LogP contribution in [-0.4, -0.2) is 5.54 Å². The van der Waals surface area contributed by atoms with Crippen LogP contribution in [0.15, 0.2) is 23.8 Å². The predicted octanol–water partition coefficient (Wildman–Crippen LogP) is 4.33. The molecule has 3 fully saturated rings. The van der Waals surface area contributed by atoms with Crippen LogP contribution in [0.4, 0.5) is 0 Å². The first kappa shape index (κ1) is 16.3. The Morgan fingerprint density at radius 1 is 1.32 bits per heavy atom. The lowest BCUT2D eigenvalue weighted by Gasteiger charge is -2.62. The molecule has 0 radical (unpaired) electrons.